The molecule has 0 amide bonds. The molecule has 0 N–H and O–H groups in total. The fourth-order valence-corrected chi connectivity index (χ4v) is 1.62. The first-order valence-corrected chi connectivity index (χ1v) is 5.17. The number of carbonyl (C=O) groups is 1. The Kier molecular flexibility index (Phi) is 4.90. The molecule has 0 saturated carbocycles. The highest BCUT2D eigenvalue weighted by molar-refractivity contribution is 5.69. The van der Waals surface area contributed by atoms with E-state index < -0.39 is 0 Å². The van der Waals surface area contributed by atoms with Gasteiger partial charge in [-0.15, -0.1) is 0 Å². The minimum absolute atomic E-state index is 0.151. The summed E-state index contributed by atoms with van der Waals surface area (Å²) in [5.74, 6) is -0.151. The van der Waals surface area contributed by atoms with E-state index in [1.807, 2.05) is 0 Å². The summed E-state index contributed by atoms with van der Waals surface area (Å²) in [7, 11) is 1.42. The molecule has 1 aliphatic heterocycles. The molecule has 0 spiro atoms. The third-order valence-electron chi connectivity index (χ3n) is 2.57. The second-order valence-corrected chi connectivity index (χ2v) is 3.50. The van der Waals surface area contributed by atoms with Gasteiger partial charge < -0.3 is 9.47 Å². The summed E-state index contributed by atoms with van der Waals surface area (Å²) in [6.07, 6.45) is 1.42. The predicted octanol–water partition coefficient (Wildman–Crippen LogP) is 0.660. The van der Waals surface area contributed by atoms with Crippen molar-refractivity contribution < 1.29 is 14.3 Å². The molecule has 1 saturated heterocycles. The topological polar surface area (TPSA) is 38.8 Å². The van der Waals surface area contributed by atoms with E-state index in [2.05, 4.69) is 16.6 Å². The zero-order valence-corrected chi connectivity index (χ0v) is 8.99. The Morgan fingerprint density at radius 2 is 2.43 bits per heavy atom. The summed E-state index contributed by atoms with van der Waals surface area (Å²) in [6.45, 7) is 5.92. The van der Waals surface area contributed by atoms with E-state index in [0.717, 1.165) is 32.7 Å². The maximum absolute atomic E-state index is 10.9. The molecule has 1 heterocycles. The highest BCUT2D eigenvalue weighted by atomic mass is 16.5. The number of carbonyl (C=O) groups excluding carboxylic acids is 1. The van der Waals surface area contributed by atoms with Crippen molar-refractivity contribution >= 4 is 5.97 Å². The molecule has 0 aromatic heterocycles. The molecule has 0 aromatic carbocycles. The number of hydrogen-bond donors (Lipinski definition) is 0. The summed E-state index contributed by atoms with van der Waals surface area (Å²) in [5.41, 5.74) is 0. The number of rotatable bonds is 4. The van der Waals surface area contributed by atoms with Gasteiger partial charge in [0.05, 0.1) is 19.8 Å². The summed E-state index contributed by atoms with van der Waals surface area (Å²) < 4.78 is 10.1. The molecule has 1 unspecified atom stereocenters. The lowest BCUT2D eigenvalue weighted by atomic mass is 10.1. The standard InChI is InChI=1S/C10H19NO3/c1-3-11-6-7-14-9(8-11)4-5-10(12)13-2/h9H,3-8H2,1-2H3. The number of likely N-dealkylation sites (N-methyl/N-ethyl adjacent to an activating group) is 1. The predicted molar refractivity (Wildman–Crippen MR) is 53.1 cm³/mol. The molecular weight excluding hydrogens is 182 g/mol. The van der Waals surface area contributed by atoms with E-state index >= 15 is 0 Å². The lowest BCUT2D eigenvalue weighted by Gasteiger charge is -2.31. The zero-order chi connectivity index (χ0) is 10.4. The van der Waals surface area contributed by atoms with Gasteiger partial charge in [0, 0.05) is 19.5 Å². The summed E-state index contributed by atoms with van der Waals surface area (Å²) in [4.78, 5) is 13.3. The minimum Gasteiger partial charge on any atom is -0.469 e. The van der Waals surface area contributed by atoms with E-state index in [1.165, 1.54) is 7.11 Å². The van der Waals surface area contributed by atoms with Gasteiger partial charge in [-0.25, -0.2) is 0 Å². The molecule has 1 atom stereocenters. The Balaban J connectivity index is 2.20. The summed E-state index contributed by atoms with van der Waals surface area (Å²) in [5, 5.41) is 0. The van der Waals surface area contributed by atoms with Crippen LogP contribution in [0.25, 0.3) is 0 Å². The minimum atomic E-state index is -0.151. The normalized spacial score (nSPS) is 23.4. The molecule has 14 heavy (non-hydrogen) atoms. The molecule has 0 bridgehead atoms. The van der Waals surface area contributed by atoms with Crippen molar-refractivity contribution in [1.29, 1.82) is 0 Å². The second kappa shape index (κ2) is 5.98. The maximum Gasteiger partial charge on any atom is 0.305 e. The monoisotopic (exact) mass is 201 g/mol. The first kappa shape index (κ1) is 11.5. The zero-order valence-electron chi connectivity index (χ0n) is 8.99. The highest BCUT2D eigenvalue weighted by Gasteiger charge is 2.19. The van der Waals surface area contributed by atoms with E-state index in [1.54, 1.807) is 0 Å². The first-order valence-electron chi connectivity index (χ1n) is 5.17. The third kappa shape index (κ3) is 3.64. The van der Waals surface area contributed by atoms with Gasteiger partial charge in [0.25, 0.3) is 0 Å². The van der Waals surface area contributed by atoms with Gasteiger partial charge in [0.2, 0.25) is 0 Å². The number of hydrogen-bond acceptors (Lipinski definition) is 4. The van der Waals surface area contributed by atoms with Crippen LogP contribution in [-0.4, -0.2) is 50.3 Å². The van der Waals surface area contributed by atoms with Crippen molar-refractivity contribution in [3.63, 3.8) is 0 Å². The summed E-state index contributed by atoms with van der Waals surface area (Å²) >= 11 is 0. The average molecular weight is 201 g/mol. The average Bonchev–Trinajstić information content (AvgIpc) is 2.26. The molecule has 0 aliphatic carbocycles. The highest BCUT2D eigenvalue weighted by Crippen LogP contribution is 2.10. The van der Waals surface area contributed by atoms with Crippen LogP contribution < -0.4 is 0 Å². The van der Waals surface area contributed by atoms with Gasteiger partial charge in [-0.1, -0.05) is 6.92 Å². The molecular formula is C10H19NO3. The van der Waals surface area contributed by atoms with E-state index in [-0.39, 0.29) is 12.1 Å². The smallest absolute Gasteiger partial charge is 0.305 e. The van der Waals surface area contributed by atoms with Crippen LogP contribution in [-0.2, 0) is 14.3 Å². The number of nitrogens with zero attached hydrogens (tertiary/aromatic N) is 1. The van der Waals surface area contributed by atoms with Crippen LogP contribution in [0.2, 0.25) is 0 Å². The molecule has 4 heteroatoms. The van der Waals surface area contributed by atoms with E-state index in [0.29, 0.717) is 6.42 Å². The van der Waals surface area contributed by atoms with Crippen LogP contribution in [0, 0.1) is 0 Å². The number of esters is 1. The van der Waals surface area contributed by atoms with Gasteiger partial charge in [-0.05, 0) is 13.0 Å². The Bertz CT molecular complexity index is 184. The lowest BCUT2D eigenvalue weighted by Crippen LogP contribution is -2.42. The van der Waals surface area contributed by atoms with E-state index in [4.69, 9.17) is 4.74 Å². The van der Waals surface area contributed by atoms with Crippen LogP contribution in [0.15, 0.2) is 0 Å². The number of morpholine rings is 1. The van der Waals surface area contributed by atoms with Gasteiger partial charge in [-0.3, -0.25) is 9.69 Å². The van der Waals surface area contributed by atoms with Gasteiger partial charge in [0.1, 0.15) is 0 Å². The Hall–Kier alpha value is -0.610. The number of ether oxygens (including phenoxy) is 2. The molecule has 0 aromatic rings. The first-order chi connectivity index (χ1) is 6.76. The second-order valence-electron chi connectivity index (χ2n) is 3.50. The number of methoxy groups -OCH3 is 1. The Labute approximate surface area is 85.2 Å². The van der Waals surface area contributed by atoms with Gasteiger partial charge in [-0.2, -0.15) is 0 Å². The van der Waals surface area contributed by atoms with Crippen molar-refractivity contribution in [1.82, 2.24) is 4.90 Å². The third-order valence-corrected chi connectivity index (χ3v) is 2.57. The molecule has 82 valence electrons. The molecule has 1 fully saturated rings. The maximum atomic E-state index is 10.9. The van der Waals surface area contributed by atoms with Crippen LogP contribution in [0.3, 0.4) is 0 Å². The van der Waals surface area contributed by atoms with Crippen molar-refractivity contribution in [2.45, 2.75) is 25.9 Å². The Morgan fingerprint density at radius 1 is 1.64 bits per heavy atom. The molecule has 4 nitrogen and oxygen atoms in total. The van der Waals surface area contributed by atoms with Crippen molar-refractivity contribution in [2.75, 3.05) is 33.4 Å². The van der Waals surface area contributed by atoms with Crippen LogP contribution in [0.1, 0.15) is 19.8 Å². The molecule has 0 radical (unpaired) electrons. The van der Waals surface area contributed by atoms with Crippen LogP contribution >= 0.6 is 0 Å². The van der Waals surface area contributed by atoms with Gasteiger partial charge >= 0.3 is 5.97 Å². The largest absolute Gasteiger partial charge is 0.469 e. The lowest BCUT2D eigenvalue weighted by molar-refractivity contribution is -0.141. The summed E-state index contributed by atoms with van der Waals surface area (Å²) in [6, 6.07) is 0. The van der Waals surface area contributed by atoms with Crippen LogP contribution in [0.4, 0.5) is 0 Å². The Morgan fingerprint density at radius 3 is 3.07 bits per heavy atom. The van der Waals surface area contributed by atoms with Crippen molar-refractivity contribution in [3.05, 3.63) is 0 Å². The fraction of sp³-hybridized carbons (Fsp3) is 0.900. The van der Waals surface area contributed by atoms with E-state index in [9.17, 15) is 4.79 Å². The quantitative estimate of drug-likeness (QED) is 0.626. The molecule has 1 rings (SSSR count). The molecule has 1 aliphatic rings. The van der Waals surface area contributed by atoms with Crippen molar-refractivity contribution in [2.24, 2.45) is 0 Å². The van der Waals surface area contributed by atoms with Crippen LogP contribution in [0.5, 0.6) is 0 Å². The van der Waals surface area contributed by atoms with Crippen molar-refractivity contribution in [3.8, 4) is 0 Å². The fourth-order valence-electron chi connectivity index (χ4n) is 1.62. The van der Waals surface area contributed by atoms with Gasteiger partial charge in [0.15, 0.2) is 0 Å². The SMILES string of the molecule is CCN1CCOC(CCC(=O)OC)C1.